The van der Waals surface area contributed by atoms with Crippen LogP contribution >= 0.6 is 0 Å². The lowest BCUT2D eigenvalue weighted by atomic mass is 10.1. The molecule has 1 N–H and O–H groups in total. The highest BCUT2D eigenvalue weighted by molar-refractivity contribution is 5.74. The Morgan fingerprint density at radius 2 is 2.00 bits per heavy atom. The van der Waals surface area contributed by atoms with Gasteiger partial charge in [-0.1, -0.05) is 30.3 Å². The van der Waals surface area contributed by atoms with E-state index >= 15 is 0 Å². The first-order valence-corrected chi connectivity index (χ1v) is 8.34. The molecule has 1 aliphatic heterocycles. The van der Waals surface area contributed by atoms with Gasteiger partial charge >= 0.3 is 6.03 Å². The monoisotopic (exact) mass is 342 g/mol. The van der Waals surface area contributed by atoms with Crippen molar-refractivity contribution in [1.82, 2.24) is 20.2 Å². The van der Waals surface area contributed by atoms with E-state index in [0.29, 0.717) is 31.4 Å². The third-order valence-electron chi connectivity index (χ3n) is 4.07. The van der Waals surface area contributed by atoms with Crippen LogP contribution in [0.15, 0.2) is 42.7 Å². The molecule has 1 saturated heterocycles. The van der Waals surface area contributed by atoms with Crippen LogP contribution in [0.3, 0.4) is 0 Å². The van der Waals surface area contributed by atoms with E-state index < -0.39 is 0 Å². The number of nitrogens with zero attached hydrogens (tertiary/aromatic N) is 3. The quantitative estimate of drug-likeness (QED) is 0.867. The first-order chi connectivity index (χ1) is 12.3. The van der Waals surface area contributed by atoms with E-state index in [2.05, 4.69) is 27.4 Å². The molecular formula is C18H22N4O3. The number of nitrogens with one attached hydrogen (secondary N) is 1. The van der Waals surface area contributed by atoms with Crippen LogP contribution in [0.25, 0.3) is 0 Å². The summed E-state index contributed by atoms with van der Waals surface area (Å²) in [6, 6.07) is 10.0. The molecule has 1 atom stereocenters. The normalized spacial score (nSPS) is 16.5. The van der Waals surface area contributed by atoms with Crippen molar-refractivity contribution >= 4 is 6.03 Å². The van der Waals surface area contributed by atoms with Gasteiger partial charge in [0.05, 0.1) is 13.7 Å². The second-order valence-corrected chi connectivity index (χ2v) is 5.81. The summed E-state index contributed by atoms with van der Waals surface area (Å²) >= 11 is 0. The number of carbonyl (C=O) groups excluding carboxylic acids is 1. The van der Waals surface area contributed by atoms with Crippen molar-refractivity contribution in [2.75, 3.05) is 26.7 Å². The summed E-state index contributed by atoms with van der Waals surface area (Å²) in [5.41, 5.74) is 1.21. The fraction of sp³-hybridized carbons (Fsp3) is 0.389. The Balaban J connectivity index is 1.45. The van der Waals surface area contributed by atoms with Crippen LogP contribution in [0.4, 0.5) is 4.79 Å². The lowest BCUT2D eigenvalue weighted by molar-refractivity contribution is 0.177. The SMILES string of the molecule is COc1nccnc1O[C@H]1CCN(C(=O)NCCc2ccccc2)C1. The summed E-state index contributed by atoms with van der Waals surface area (Å²) in [5.74, 6) is 0.717. The van der Waals surface area contributed by atoms with Gasteiger partial charge in [-0.2, -0.15) is 0 Å². The highest BCUT2D eigenvalue weighted by atomic mass is 16.5. The van der Waals surface area contributed by atoms with Gasteiger partial charge in [0.1, 0.15) is 6.10 Å². The van der Waals surface area contributed by atoms with Crippen molar-refractivity contribution in [1.29, 1.82) is 0 Å². The van der Waals surface area contributed by atoms with Crippen LogP contribution in [-0.2, 0) is 6.42 Å². The van der Waals surface area contributed by atoms with E-state index in [4.69, 9.17) is 9.47 Å². The lowest BCUT2D eigenvalue weighted by Crippen LogP contribution is -2.40. The van der Waals surface area contributed by atoms with E-state index in [1.807, 2.05) is 18.2 Å². The molecule has 0 aliphatic carbocycles. The summed E-state index contributed by atoms with van der Waals surface area (Å²) in [6.45, 7) is 1.80. The third-order valence-corrected chi connectivity index (χ3v) is 4.07. The number of likely N-dealkylation sites (tertiary alicyclic amines) is 1. The summed E-state index contributed by atoms with van der Waals surface area (Å²) in [5, 5.41) is 2.96. The molecule has 0 unspecified atom stereocenters. The molecule has 3 rings (SSSR count). The highest BCUT2D eigenvalue weighted by Gasteiger charge is 2.28. The van der Waals surface area contributed by atoms with Crippen molar-refractivity contribution in [2.24, 2.45) is 0 Å². The Kier molecular flexibility index (Phi) is 5.66. The molecule has 2 heterocycles. The van der Waals surface area contributed by atoms with E-state index in [1.54, 1.807) is 17.3 Å². The predicted molar refractivity (Wildman–Crippen MR) is 92.7 cm³/mol. The summed E-state index contributed by atoms with van der Waals surface area (Å²) in [7, 11) is 1.53. The van der Waals surface area contributed by atoms with Gasteiger partial charge in [-0.25, -0.2) is 14.8 Å². The third kappa shape index (κ3) is 4.59. The van der Waals surface area contributed by atoms with Crippen LogP contribution < -0.4 is 14.8 Å². The van der Waals surface area contributed by atoms with E-state index in [1.165, 1.54) is 12.7 Å². The first-order valence-electron chi connectivity index (χ1n) is 8.34. The molecule has 25 heavy (non-hydrogen) atoms. The Morgan fingerprint density at radius 3 is 2.76 bits per heavy atom. The molecule has 7 nitrogen and oxygen atoms in total. The lowest BCUT2D eigenvalue weighted by Gasteiger charge is -2.18. The van der Waals surface area contributed by atoms with Gasteiger partial charge in [-0.15, -0.1) is 0 Å². The largest absolute Gasteiger partial charge is 0.477 e. The number of hydrogen-bond donors (Lipinski definition) is 1. The van der Waals surface area contributed by atoms with E-state index in [0.717, 1.165) is 12.8 Å². The predicted octanol–water partition coefficient (Wildman–Crippen LogP) is 1.89. The van der Waals surface area contributed by atoms with Gasteiger partial charge in [0.2, 0.25) is 0 Å². The van der Waals surface area contributed by atoms with Crippen molar-refractivity contribution in [2.45, 2.75) is 18.9 Å². The van der Waals surface area contributed by atoms with Gasteiger partial charge in [0, 0.05) is 31.9 Å². The smallest absolute Gasteiger partial charge is 0.317 e. The summed E-state index contributed by atoms with van der Waals surface area (Å²) in [4.78, 5) is 22.2. The Morgan fingerprint density at radius 1 is 1.24 bits per heavy atom. The second-order valence-electron chi connectivity index (χ2n) is 5.81. The minimum absolute atomic E-state index is 0.0619. The molecule has 1 aromatic heterocycles. The number of methoxy groups -OCH3 is 1. The summed E-state index contributed by atoms with van der Waals surface area (Å²) < 4.78 is 11.0. The van der Waals surface area contributed by atoms with E-state index in [-0.39, 0.29) is 12.1 Å². The zero-order valence-corrected chi connectivity index (χ0v) is 14.2. The molecule has 0 radical (unpaired) electrons. The Hall–Kier alpha value is -2.83. The van der Waals surface area contributed by atoms with Gasteiger partial charge < -0.3 is 19.7 Å². The van der Waals surface area contributed by atoms with Crippen molar-refractivity contribution in [3.05, 3.63) is 48.3 Å². The van der Waals surface area contributed by atoms with Crippen molar-refractivity contribution < 1.29 is 14.3 Å². The van der Waals surface area contributed by atoms with Gasteiger partial charge in [0.25, 0.3) is 11.8 Å². The zero-order chi connectivity index (χ0) is 17.5. The molecule has 2 amide bonds. The molecule has 7 heteroatoms. The van der Waals surface area contributed by atoms with Crippen LogP contribution in [0, 0.1) is 0 Å². The topological polar surface area (TPSA) is 76.6 Å². The molecular weight excluding hydrogens is 320 g/mol. The van der Waals surface area contributed by atoms with Gasteiger partial charge in [-0.3, -0.25) is 0 Å². The maximum atomic E-state index is 12.3. The average Bonchev–Trinajstić information content (AvgIpc) is 3.12. The number of hydrogen-bond acceptors (Lipinski definition) is 5. The molecule has 0 spiro atoms. The first kappa shape index (κ1) is 17.0. The number of carbonyl (C=O) groups is 1. The molecule has 1 aliphatic rings. The fourth-order valence-corrected chi connectivity index (χ4v) is 2.77. The fourth-order valence-electron chi connectivity index (χ4n) is 2.77. The number of amides is 2. The summed E-state index contributed by atoms with van der Waals surface area (Å²) in [6.07, 6.45) is 4.57. The van der Waals surface area contributed by atoms with Crippen molar-refractivity contribution in [3.8, 4) is 11.8 Å². The number of ether oxygens (including phenoxy) is 2. The molecule has 1 fully saturated rings. The average molecular weight is 342 g/mol. The van der Waals surface area contributed by atoms with Gasteiger partial charge in [0.15, 0.2) is 0 Å². The minimum atomic E-state index is -0.106. The van der Waals surface area contributed by atoms with Crippen LogP contribution in [0.5, 0.6) is 11.8 Å². The second kappa shape index (κ2) is 8.32. The van der Waals surface area contributed by atoms with Crippen LogP contribution in [0.1, 0.15) is 12.0 Å². The maximum Gasteiger partial charge on any atom is 0.317 e. The highest BCUT2D eigenvalue weighted by Crippen LogP contribution is 2.23. The van der Waals surface area contributed by atoms with Crippen LogP contribution in [-0.4, -0.2) is 53.7 Å². The maximum absolute atomic E-state index is 12.3. The van der Waals surface area contributed by atoms with Crippen LogP contribution in [0.2, 0.25) is 0 Å². The number of aromatic nitrogens is 2. The molecule has 1 aromatic carbocycles. The zero-order valence-electron chi connectivity index (χ0n) is 14.2. The molecule has 132 valence electrons. The number of rotatable bonds is 6. The molecule has 0 saturated carbocycles. The standard InChI is InChI=1S/C18H22N4O3/c1-24-16-17(20-11-10-19-16)25-15-8-12-22(13-15)18(23)21-9-7-14-5-3-2-4-6-14/h2-6,10-11,15H,7-9,12-13H2,1H3,(H,21,23)/t15-/m0/s1. The van der Waals surface area contributed by atoms with Gasteiger partial charge in [-0.05, 0) is 12.0 Å². The Bertz CT molecular complexity index is 696. The van der Waals surface area contributed by atoms with Crippen molar-refractivity contribution in [3.63, 3.8) is 0 Å². The molecule has 0 bridgehead atoms. The Labute approximate surface area is 147 Å². The number of urea groups is 1. The molecule has 2 aromatic rings. The number of benzene rings is 1. The van der Waals surface area contributed by atoms with E-state index in [9.17, 15) is 4.79 Å². The minimum Gasteiger partial charge on any atom is -0.477 e.